The van der Waals surface area contributed by atoms with Crippen LogP contribution in [0.3, 0.4) is 0 Å². The lowest BCUT2D eigenvalue weighted by Gasteiger charge is -2.22. The van der Waals surface area contributed by atoms with Crippen molar-refractivity contribution in [3.05, 3.63) is 93.3 Å². The highest BCUT2D eigenvalue weighted by Crippen LogP contribution is 2.67. The number of ether oxygens (including phenoxy) is 6. The Morgan fingerprint density at radius 1 is 0.882 bits per heavy atom. The van der Waals surface area contributed by atoms with E-state index >= 15 is 0 Å². The van der Waals surface area contributed by atoms with E-state index in [1.165, 1.54) is 30.5 Å². The number of aromatic nitrogens is 2. The number of nitrogens with zero attached hydrogens (tertiary/aromatic N) is 2. The first kappa shape index (κ1) is 76.3. The number of nitrogens with two attached hydrogens (primary N) is 2. The number of nitrogen functional groups attached to an aromatic ring is 2. The molecule has 510 valence electrons. The molecule has 2 aromatic carbocycles. The van der Waals surface area contributed by atoms with Crippen LogP contribution < -0.4 is 38.5 Å². The molecule has 0 radical (unpaired) electrons. The zero-order valence-electron chi connectivity index (χ0n) is 50.5. The number of carbonyl (C=O) groups is 4. The van der Waals surface area contributed by atoms with Crippen LogP contribution in [-0.2, 0) is 80.7 Å². The summed E-state index contributed by atoms with van der Waals surface area (Å²) in [6.45, 7) is 8.12. The van der Waals surface area contributed by atoms with Gasteiger partial charge in [0.25, 0.3) is 5.91 Å². The van der Waals surface area contributed by atoms with Crippen LogP contribution in [0, 0.1) is 17.3 Å². The molecule has 4 unspecified atom stereocenters. The maximum Gasteiger partial charge on any atom is 0.490 e. The highest BCUT2D eigenvalue weighted by molar-refractivity contribution is 8.77. The lowest BCUT2D eigenvalue weighted by molar-refractivity contribution is -0.144. The average Bonchev–Trinajstić information content (AvgIpc) is 1.25. The zero-order chi connectivity index (χ0) is 67.9. The number of fused-ring (bicyclic) bond motifs is 2. The predicted octanol–water partition coefficient (Wildman–Crippen LogP) is 6.27. The summed E-state index contributed by atoms with van der Waals surface area (Å²) >= 11 is 5.28. The topological polar surface area (TPSA) is 464 Å². The Balaban J connectivity index is 0.772. The molecule has 0 bridgehead atoms. The molecule has 93 heavy (non-hydrogen) atoms. The number of amides is 3. The smallest absolute Gasteiger partial charge is 0.478 e. The van der Waals surface area contributed by atoms with Crippen LogP contribution in [0.4, 0.5) is 16.3 Å². The van der Waals surface area contributed by atoms with Crippen molar-refractivity contribution in [2.24, 2.45) is 0 Å². The SMILES string of the molecule is CCS(=S)COC1C[C@H](n2cc(C#CCNC(=O)NCCCCCOCSSC(C)(C)CCOC(=O)CCCOCCOCCNC(=O)c3ccc(C(=O)O)c(-c4c5ccc(=N)cc-5oc5cc(N)ccc45)c3)c(N)nc2=O)O[C@@H]1OP(=O)(O)OP(=O)(O)OP(=O)(O)O. The van der Waals surface area contributed by atoms with E-state index in [4.69, 9.17) is 75.2 Å². The van der Waals surface area contributed by atoms with Crippen LogP contribution in [0.5, 0.6) is 0 Å². The minimum absolute atomic E-state index is 0.0237. The van der Waals surface area contributed by atoms with E-state index in [-0.39, 0.29) is 96.9 Å². The number of phosphoric ester groups is 1. The Hall–Kier alpha value is -5.67. The number of rotatable bonds is 38. The van der Waals surface area contributed by atoms with Crippen molar-refractivity contribution in [3.63, 3.8) is 0 Å². The number of carbonyl (C=O) groups excluding carboxylic acids is 3. The highest BCUT2D eigenvalue weighted by Gasteiger charge is 2.47. The van der Waals surface area contributed by atoms with Crippen molar-refractivity contribution >= 4 is 112 Å². The maximum atomic E-state index is 13.3. The Bertz CT molecular complexity index is 3760. The number of carboxylic acid groups (broad SMARTS) is 1. The predicted molar refractivity (Wildman–Crippen MR) is 348 cm³/mol. The zero-order valence-corrected chi connectivity index (χ0v) is 56.5. The second-order valence-electron chi connectivity index (χ2n) is 20.7. The summed E-state index contributed by atoms with van der Waals surface area (Å²) in [5.74, 6) is 4.44. The molecular formula is C55H73N8O23P3S4. The molecule has 0 spiro atoms. The molecule has 3 aliphatic rings. The van der Waals surface area contributed by atoms with Crippen LogP contribution in [0.25, 0.3) is 33.4 Å². The summed E-state index contributed by atoms with van der Waals surface area (Å²) in [5.41, 5.74) is 13.5. The first-order valence-corrected chi connectivity index (χ1v) is 37.8. The van der Waals surface area contributed by atoms with E-state index in [2.05, 4.69) is 55.2 Å². The van der Waals surface area contributed by atoms with E-state index in [0.717, 1.165) is 17.4 Å². The van der Waals surface area contributed by atoms with Gasteiger partial charge in [-0.1, -0.05) is 49.8 Å². The highest BCUT2D eigenvalue weighted by atomic mass is 33.1. The monoisotopic (exact) mass is 1430 g/mol. The molecule has 6 rings (SSSR count). The van der Waals surface area contributed by atoms with Crippen molar-refractivity contribution in [3.8, 4) is 34.3 Å². The molecule has 2 aliphatic heterocycles. The number of hydrogen-bond donors (Lipinski definition) is 11. The van der Waals surface area contributed by atoms with Gasteiger partial charge in [-0.2, -0.15) is 13.6 Å². The third-order valence-electron chi connectivity index (χ3n) is 13.0. The number of carboxylic acids is 1. The maximum absolute atomic E-state index is 13.3. The van der Waals surface area contributed by atoms with Crippen LogP contribution in [0.15, 0.2) is 70.0 Å². The Morgan fingerprint density at radius 3 is 2.38 bits per heavy atom. The number of unbranched alkanes of at least 4 members (excludes halogenated alkanes) is 2. The van der Waals surface area contributed by atoms with E-state index in [1.54, 1.807) is 58.8 Å². The molecule has 1 aromatic heterocycles. The van der Waals surface area contributed by atoms with Gasteiger partial charge in [0, 0.05) is 90.0 Å². The largest absolute Gasteiger partial charge is 0.490 e. The summed E-state index contributed by atoms with van der Waals surface area (Å²) < 4.78 is 88.6. The van der Waals surface area contributed by atoms with E-state index < -0.39 is 75.1 Å². The first-order chi connectivity index (χ1) is 44.0. The average molecular weight is 1440 g/mol. The van der Waals surface area contributed by atoms with Gasteiger partial charge >= 0.3 is 47.1 Å². The summed E-state index contributed by atoms with van der Waals surface area (Å²) in [5, 5.41) is 27.1. The van der Waals surface area contributed by atoms with Gasteiger partial charge in [-0.15, -0.1) is 0 Å². The standard InChI is InChI=1S/C55H73N8O23P3S4/c1-4-93(90)34-81-45-31-46(83-52(45)84-88(73,74)86-89(75,76)85-87(70,71)72)63-32-36(49(58)62-54(63)69)10-8-20-61-53(68)60-19-6-5-7-22-79-33-91-92-55(2,3)18-24-80-47(64)11-9-23-77-26-27-78-25-21-59-50(65)35-12-15-39(51(66)67)42(28-35)48-40-16-13-37(56)29-43(40)82-44-30-38(57)14-17-41(44)48/h12-17,28-30,32,45-46,52,56H,4-7,9,11,18-27,31,33-34,57H2,1-3H3,(H,59,65)(H,66,67)(H,73,74)(H,75,76)(H2,58,62,69)(H2,60,61,68)(H2,70,71,72)/t45?,46-,52-,93?/m1/s1. The Morgan fingerprint density at radius 2 is 1.63 bits per heavy atom. The van der Waals surface area contributed by atoms with Crippen molar-refractivity contribution in [2.45, 2.75) is 89.1 Å². The molecule has 6 atom stereocenters. The lowest BCUT2D eigenvalue weighted by atomic mass is 9.89. The molecule has 1 saturated heterocycles. The van der Waals surface area contributed by atoms with Gasteiger partial charge in [0.1, 0.15) is 35.4 Å². The van der Waals surface area contributed by atoms with Gasteiger partial charge in [-0.05, 0) is 111 Å². The van der Waals surface area contributed by atoms with E-state index in [0.29, 0.717) is 89.8 Å². The fraction of sp³-hybridized carbons (Fsp3) is 0.473. The van der Waals surface area contributed by atoms with Crippen molar-refractivity contribution < 1.29 is 104 Å². The Labute approximate surface area is 548 Å². The van der Waals surface area contributed by atoms with Crippen LogP contribution in [-0.4, -0.2) is 152 Å². The van der Waals surface area contributed by atoms with Crippen molar-refractivity contribution in [1.82, 2.24) is 25.5 Å². The second kappa shape index (κ2) is 36.4. The summed E-state index contributed by atoms with van der Waals surface area (Å²) in [6, 6.07) is 13.7. The van der Waals surface area contributed by atoms with E-state index in [1.807, 2.05) is 0 Å². The molecule has 1 fully saturated rings. The fourth-order valence-corrected chi connectivity index (χ4v) is 14.6. The molecule has 38 heteroatoms. The van der Waals surface area contributed by atoms with Crippen molar-refractivity contribution in [1.29, 1.82) is 5.41 Å². The number of aromatic carboxylic acids is 1. The summed E-state index contributed by atoms with van der Waals surface area (Å²) in [4.78, 5) is 105. The van der Waals surface area contributed by atoms with Gasteiger partial charge < -0.3 is 90.3 Å². The number of benzene rings is 3. The number of esters is 1. The molecule has 3 amide bonds. The number of anilines is 2. The summed E-state index contributed by atoms with van der Waals surface area (Å²) in [7, 11) is -14.8. The third-order valence-corrected chi connectivity index (χ3v) is 21.9. The normalized spacial score (nSPS) is 16.6. The fourth-order valence-electron chi connectivity index (χ4n) is 8.58. The second-order valence-corrected chi connectivity index (χ2v) is 31.1. The lowest BCUT2D eigenvalue weighted by Crippen LogP contribution is -2.36. The molecule has 0 saturated carbocycles. The Kier molecular flexibility index (Phi) is 29.9. The quantitative estimate of drug-likeness (QED) is 0.00303. The molecule has 3 aromatic rings. The molecule has 1 aliphatic carbocycles. The molecule has 31 nitrogen and oxygen atoms in total. The number of hydrogen-bond acceptors (Lipinski definition) is 25. The van der Waals surface area contributed by atoms with Gasteiger partial charge in [-0.25, -0.2) is 28.1 Å². The first-order valence-electron chi connectivity index (χ1n) is 28.5. The van der Waals surface area contributed by atoms with Gasteiger partial charge in [-0.3, -0.25) is 18.7 Å². The number of urea groups is 1. The van der Waals surface area contributed by atoms with Crippen molar-refractivity contribution in [2.75, 3.05) is 88.4 Å². The summed E-state index contributed by atoms with van der Waals surface area (Å²) in [6.07, 6.45) is -0.0152. The number of phosphoric acid groups is 3. The molecular weight excluding hydrogens is 1360 g/mol. The number of nitrogens with one attached hydrogen (secondary N) is 4. The van der Waals surface area contributed by atoms with Crippen LogP contribution in [0.1, 0.15) is 98.2 Å². The van der Waals surface area contributed by atoms with Crippen LogP contribution >= 0.6 is 45.1 Å². The van der Waals surface area contributed by atoms with Gasteiger partial charge in [0.15, 0.2) is 6.29 Å². The minimum Gasteiger partial charge on any atom is -0.478 e. The van der Waals surface area contributed by atoms with Crippen LogP contribution in [0.2, 0.25) is 0 Å². The van der Waals surface area contributed by atoms with E-state index in [9.17, 15) is 52.6 Å². The molecule has 13 N–H and O–H groups in total. The van der Waals surface area contributed by atoms with Gasteiger partial charge in [0.2, 0.25) is 0 Å². The molecule has 3 heterocycles. The minimum atomic E-state index is -5.87. The van der Waals surface area contributed by atoms with Gasteiger partial charge in [0.05, 0.1) is 55.4 Å². The third kappa shape index (κ3) is 25.8.